The maximum Gasteiger partial charge on any atom is 0.165 e. The second-order valence-corrected chi connectivity index (χ2v) is 5.83. The van der Waals surface area contributed by atoms with Crippen LogP contribution in [0.1, 0.15) is 57.6 Å². The Labute approximate surface area is 126 Å². The molecule has 0 radical (unpaired) electrons. The van der Waals surface area contributed by atoms with Crippen molar-refractivity contribution in [3.63, 3.8) is 0 Å². The van der Waals surface area contributed by atoms with Crippen LogP contribution in [0.5, 0.6) is 5.75 Å². The minimum absolute atomic E-state index is 0.113. The second kappa shape index (κ2) is 7.76. The van der Waals surface area contributed by atoms with Gasteiger partial charge in [-0.15, -0.1) is 0 Å². The molecule has 118 valence electrons. The monoisotopic (exact) mass is 295 g/mol. The van der Waals surface area contributed by atoms with Crippen molar-refractivity contribution < 1.29 is 14.2 Å². The summed E-state index contributed by atoms with van der Waals surface area (Å²) in [7, 11) is 0. The van der Waals surface area contributed by atoms with Gasteiger partial charge in [0.05, 0.1) is 6.10 Å². The maximum atomic E-state index is 14.2. The van der Waals surface area contributed by atoms with Gasteiger partial charge in [0.2, 0.25) is 0 Å². The quantitative estimate of drug-likeness (QED) is 0.816. The van der Waals surface area contributed by atoms with Crippen molar-refractivity contribution in [1.29, 1.82) is 0 Å². The van der Waals surface area contributed by atoms with Gasteiger partial charge < -0.3 is 15.2 Å². The Morgan fingerprint density at radius 2 is 2.10 bits per heavy atom. The van der Waals surface area contributed by atoms with Crippen molar-refractivity contribution in [2.75, 3.05) is 6.54 Å². The van der Waals surface area contributed by atoms with Gasteiger partial charge in [-0.3, -0.25) is 0 Å². The molecule has 1 saturated carbocycles. The lowest BCUT2D eigenvalue weighted by Crippen LogP contribution is -2.30. The van der Waals surface area contributed by atoms with Crippen LogP contribution in [-0.4, -0.2) is 23.9 Å². The van der Waals surface area contributed by atoms with Crippen molar-refractivity contribution >= 4 is 0 Å². The van der Waals surface area contributed by atoms with Crippen molar-refractivity contribution in [2.45, 2.75) is 64.2 Å². The molecule has 1 aliphatic rings. The summed E-state index contributed by atoms with van der Waals surface area (Å²) in [5.41, 5.74) is 0.906. The fourth-order valence-corrected chi connectivity index (χ4v) is 2.86. The van der Waals surface area contributed by atoms with Crippen LogP contribution in [0, 0.1) is 5.82 Å². The summed E-state index contributed by atoms with van der Waals surface area (Å²) in [5.74, 6) is -0.109. The number of hydrogen-bond acceptors (Lipinski definition) is 3. The van der Waals surface area contributed by atoms with Crippen molar-refractivity contribution in [3.05, 3.63) is 29.6 Å². The Morgan fingerprint density at radius 1 is 1.33 bits per heavy atom. The average molecular weight is 295 g/mol. The zero-order valence-electron chi connectivity index (χ0n) is 12.9. The van der Waals surface area contributed by atoms with E-state index in [1.54, 1.807) is 6.07 Å². The number of rotatable bonds is 5. The highest BCUT2D eigenvalue weighted by Crippen LogP contribution is 2.27. The average Bonchev–Trinajstić information content (AvgIpc) is 2.66. The number of halogens is 1. The van der Waals surface area contributed by atoms with Crippen molar-refractivity contribution in [3.8, 4) is 5.75 Å². The van der Waals surface area contributed by atoms with Gasteiger partial charge in [-0.05, 0) is 50.4 Å². The van der Waals surface area contributed by atoms with Crippen LogP contribution < -0.4 is 10.1 Å². The molecule has 0 saturated heterocycles. The first-order chi connectivity index (χ1) is 10.1. The van der Waals surface area contributed by atoms with Gasteiger partial charge in [-0.2, -0.15) is 0 Å². The molecule has 0 spiro atoms. The van der Waals surface area contributed by atoms with Gasteiger partial charge in [0.1, 0.15) is 6.10 Å². The van der Waals surface area contributed by atoms with Gasteiger partial charge in [-0.1, -0.05) is 25.8 Å². The van der Waals surface area contributed by atoms with E-state index in [0.29, 0.717) is 0 Å². The third kappa shape index (κ3) is 4.42. The highest BCUT2D eigenvalue weighted by molar-refractivity contribution is 5.31. The van der Waals surface area contributed by atoms with Crippen LogP contribution >= 0.6 is 0 Å². The Bertz CT molecular complexity index is 452. The minimum Gasteiger partial charge on any atom is -0.485 e. The van der Waals surface area contributed by atoms with Crippen molar-refractivity contribution in [2.24, 2.45) is 0 Å². The third-order valence-electron chi connectivity index (χ3n) is 4.16. The van der Waals surface area contributed by atoms with E-state index in [9.17, 15) is 9.50 Å². The van der Waals surface area contributed by atoms with Gasteiger partial charge in [0.15, 0.2) is 11.6 Å². The largest absolute Gasteiger partial charge is 0.485 e. The Balaban J connectivity index is 2.06. The summed E-state index contributed by atoms with van der Waals surface area (Å²) in [4.78, 5) is 0. The molecular weight excluding hydrogens is 269 g/mol. The molecule has 3 atom stereocenters. The summed E-state index contributed by atoms with van der Waals surface area (Å²) in [5, 5.41) is 13.3. The number of aliphatic hydroxyl groups excluding tert-OH is 1. The highest BCUT2D eigenvalue weighted by atomic mass is 19.1. The van der Waals surface area contributed by atoms with Crippen LogP contribution in [0.15, 0.2) is 18.2 Å². The lowest BCUT2D eigenvalue weighted by molar-refractivity contribution is 0.0297. The van der Waals surface area contributed by atoms with E-state index in [4.69, 9.17) is 4.74 Å². The SMILES string of the molecule is CCNC(C)c1ccc(OC2CCCCCC2O)c(F)c1. The number of benzene rings is 1. The molecule has 1 aromatic carbocycles. The molecular formula is C17H26FNO2. The maximum absolute atomic E-state index is 14.2. The molecule has 2 rings (SSSR count). The molecule has 0 amide bonds. The number of nitrogens with one attached hydrogen (secondary N) is 1. The van der Waals surface area contributed by atoms with Gasteiger partial charge in [0, 0.05) is 6.04 Å². The zero-order chi connectivity index (χ0) is 15.2. The van der Waals surface area contributed by atoms with Crippen LogP contribution in [0.4, 0.5) is 4.39 Å². The standard InChI is InChI=1S/C17H26FNO2/c1-3-19-12(2)13-9-10-16(14(18)11-13)21-17-8-6-4-5-7-15(17)20/h9-12,15,17,19-20H,3-8H2,1-2H3. The van der Waals surface area contributed by atoms with E-state index in [1.165, 1.54) is 6.07 Å². The molecule has 1 aliphatic carbocycles. The van der Waals surface area contributed by atoms with E-state index >= 15 is 0 Å². The number of aliphatic hydroxyl groups is 1. The lowest BCUT2D eigenvalue weighted by atomic mass is 10.1. The number of hydrogen-bond donors (Lipinski definition) is 2. The third-order valence-corrected chi connectivity index (χ3v) is 4.16. The fraction of sp³-hybridized carbons (Fsp3) is 0.647. The van der Waals surface area contributed by atoms with Crippen LogP contribution in [0.2, 0.25) is 0 Å². The van der Waals surface area contributed by atoms with E-state index in [2.05, 4.69) is 5.32 Å². The molecule has 4 heteroatoms. The second-order valence-electron chi connectivity index (χ2n) is 5.83. The molecule has 1 aromatic rings. The lowest BCUT2D eigenvalue weighted by Gasteiger charge is -2.23. The van der Waals surface area contributed by atoms with Crippen molar-refractivity contribution in [1.82, 2.24) is 5.32 Å². The molecule has 0 bridgehead atoms. The molecule has 21 heavy (non-hydrogen) atoms. The Kier molecular flexibility index (Phi) is 6.00. The topological polar surface area (TPSA) is 41.5 Å². The fourth-order valence-electron chi connectivity index (χ4n) is 2.86. The van der Waals surface area contributed by atoms with Gasteiger partial charge in [-0.25, -0.2) is 4.39 Å². The van der Waals surface area contributed by atoms with Gasteiger partial charge in [0.25, 0.3) is 0 Å². The molecule has 3 nitrogen and oxygen atoms in total. The molecule has 0 heterocycles. The molecule has 0 aromatic heterocycles. The predicted molar refractivity (Wildman–Crippen MR) is 82.0 cm³/mol. The molecule has 1 fully saturated rings. The summed E-state index contributed by atoms with van der Waals surface area (Å²) < 4.78 is 19.9. The number of ether oxygens (including phenoxy) is 1. The summed E-state index contributed by atoms with van der Waals surface area (Å²) >= 11 is 0. The van der Waals surface area contributed by atoms with E-state index in [-0.39, 0.29) is 23.7 Å². The first kappa shape index (κ1) is 16.2. The van der Waals surface area contributed by atoms with E-state index < -0.39 is 6.10 Å². The summed E-state index contributed by atoms with van der Waals surface area (Å²) in [6.45, 7) is 4.88. The first-order valence-electron chi connectivity index (χ1n) is 7.99. The Morgan fingerprint density at radius 3 is 2.81 bits per heavy atom. The van der Waals surface area contributed by atoms with Gasteiger partial charge >= 0.3 is 0 Å². The Hall–Kier alpha value is -1.13. The summed E-state index contributed by atoms with van der Waals surface area (Å²) in [6, 6.07) is 5.19. The molecule has 0 aliphatic heterocycles. The smallest absolute Gasteiger partial charge is 0.165 e. The van der Waals surface area contributed by atoms with E-state index in [1.807, 2.05) is 19.9 Å². The zero-order valence-corrected chi connectivity index (χ0v) is 12.9. The van der Waals surface area contributed by atoms with Crippen LogP contribution in [0.3, 0.4) is 0 Å². The minimum atomic E-state index is -0.493. The highest BCUT2D eigenvalue weighted by Gasteiger charge is 2.24. The first-order valence-corrected chi connectivity index (χ1v) is 7.99. The predicted octanol–water partition coefficient (Wildman–Crippen LogP) is 3.57. The van der Waals surface area contributed by atoms with E-state index in [0.717, 1.165) is 44.2 Å². The van der Waals surface area contributed by atoms with Crippen LogP contribution in [0.25, 0.3) is 0 Å². The molecule has 3 unspecified atom stereocenters. The molecule has 2 N–H and O–H groups in total. The summed E-state index contributed by atoms with van der Waals surface area (Å²) in [6.07, 6.45) is 3.89. The van der Waals surface area contributed by atoms with Crippen LogP contribution in [-0.2, 0) is 0 Å². The normalized spacial score (nSPS) is 24.4.